The molecule has 0 aromatic heterocycles. The van der Waals surface area contributed by atoms with E-state index in [4.69, 9.17) is 5.11 Å². The Labute approximate surface area is 105 Å². The van der Waals surface area contributed by atoms with E-state index in [9.17, 15) is 4.79 Å². The molecule has 0 radical (unpaired) electrons. The first kappa shape index (κ1) is 16.2. The van der Waals surface area contributed by atoms with Crippen LogP contribution in [0.1, 0.15) is 57.8 Å². The predicted molar refractivity (Wildman–Crippen MR) is 71.8 cm³/mol. The van der Waals surface area contributed by atoms with Crippen molar-refractivity contribution >= 4 is 5.91 Å². The summed E-state index contributed by atoms with van der Waals surface area (Å²) < 4.78 is 0. The molecule has 1 amide bonds. The molecule has 0 aromatic rings. The molecule has 100 valence electrons. The Bertz CT molecular complexity index is 193. The van der Waals surface area contributed by atoms with Crippen LogP contribution in [0.3, 0.4) is 0 Å². The minimum Gasteiger partial charge on any atom is -0.396 e. The predicted octanol–water partition coefficient (Wildman–Crippen LogP) is 2.79. The number of nitrogens with one attached hydrogen (secondary N) is 1. The first-order valence-electron chi connectivity index (χ1n) is 6.82. The van der Waals surface area contributed by atoms with Crippen molar-refractivity contribution in [2.75, 3.05) is 13.2 Å². The van der Waals surface area contributed by atoms with Gasteiger partial charge in [-0.15, -0.1) is 0 Å². The maximum atomic E-state index is 10.8. The average molecular weight is 241 g/mol. The minimum atomic E-state index is -0.0751. The zero-order chi connectivity index (χ0) is 12.8. The van der Waals surface area contributed by atoms with Crippen molar-refractivity contribution in [3.8, 4) is 0 Å². The molecule has 0 bridgehead atoms. The molecule has 0 aliphatic heterocycles. The number of amides is 1. The lowest BCUT2D eigenvalue weighted by molar-refractivity contribution is -0.116. The van der Waals surface area contributed by atoms with Crippen LogP contribution in [0, 0.1) is 0 Å². The van der Waals surface area contributed by atoms with Crippen molar-refractivity contribution in [2.45, 2.75) is 57.8 Å². The van der Waals surface area contributed by atoms with Crippen LogP contribution in [0.5, 0.6) is 0 Å². The third kappa shape index (κ3) is 13.1. The van der Waals surface area contributed by atoms with Gasteiger partial charge in [0.1, 0.15) is 0 Å². The van der Waals surface area contributed by atoms with E-state index in [1.165, 1.54) is 44.6 Å². The Morgan fingerprint density at radius 1 is 0.941 bits per heavy atom. The number of aliphatic hydroxyl groups is 1. The van der Waals surface area contributed by atoms with Gasteiger partial charge in [-0.1, -0.05) is 51.5 Å². The SMILES string of the molecule is C=CC(=O)NCCCCCCCCCCCO. The van der Waals surface area contributed by atoms with Crippen LogP contribution in [0.15, 0.2) is 12.7 Å². The molecule has 0 heterocycles. The molecule has 2 N–H and O–H groups in total. The molecular weight excluding hydrogens is 214 g/mol. The van der Waals surface area contributed by atoms with Crippen molar-refractivity contribution in [1.82, 2.24) is 5.32 Å². The Morgan fingerprint density at radius 2 is 1.41 bits per heavy atom. The van der Waals surface area contributed by atoms with Crippen molar-refractivity contribution < 1.29 is 9.90 Å². The monoisotopic (exact) mass is 241 g/mol. The maximum absolute atomic E-state index is 10.8. The first-order chi connectivity index (χ1) is 8.31. The first-order valence-corrected chi connectivity index (χ1v) is 6.82. The number of rotatable bonds is 12. The molecule has 0 saturated carbocycles. The third-order valence-corrected chi connectivity index (χ3v) is 2.82. The molecule has 3 nitrogen and oxygen atoms in total. The summed E-state index contributed by atoms with van der Waals surface area (Å²) >= 11 is 0. The Hall–Kier alpha value is -0.830. The molecule has 0 fully saturated rings. The molecule has 0 unspecified atom stereocenters. The van der Waals surface area contributed by atoms with E-state index < -0.39 is 0 Å². The van der Waals surface area contributed by atoms with Gasteiger partial charge in [-0.05, 0) is 18.9 Å². The number of carbonyl (C=O) groups excluding carboxylic acids is 1. The van der Waals surface area contributed by atoms with Gasteiger partial charge in [0.2, 0.25) is 5.91 Å². The molecule has 3 heteroatoms. The van der Waals surface area contributed by atoms with E-state index in [0.717, 1.165) is 25.8 Å². The van der Waals surface area contributed by atoms with Crippen LogP contribution < -0.4 is 5.32 Å². The summed E-state index contributed by atoms with van der Waals surface area (Å²) in [6.45, 7) is 4.50. The van der Waals surface area contributed by atoms with Crippen LogP contribution in [-0.4, -0.2) is 24.2 Å². The van der Waals surface area contributed by atoms with E-state index in [1.807, 2.05) is 0 Å². The van der Waals surface area contributed by atoms with Crippen molar-refractivity contribution in [1.29, 1.82) is 0 Å². The Balaban J connectivity index is 2.98. The van der Waals surface area contributed by atoms with Crippen LogP contribution in [0.4, 0.5) is 0 Å². The van der Waals surface area contributed by atoms with Crippen LogP contribution in [0.25, 0.3) is 0 Å². The second kappa shape index (κ2) is 13.2. The summed E-state index contributed by atoms with van der Waals surface area (Å²) in [4.78, 5) is 10.8. The highest BCUT2D eigenvalue weighted by atomic mass is 16.2. The quantitative estimate of drug-likeness (QED) is 0.408. The minimum absolute atomic E-state index is 0.0751. The summed E-state index contributed by atoms with van der Waals surface area (Å²) in [7, 11) is 0. The smallest absolute Gasteiger partial charge is 0.243 e. The Kier molecular flexibility index (Phi) is 12.6. The summed E-state index contributed by atoms with van der Waals surface area (Å²) in [5, 5.41) is 11.4. The highest BCUT2D eigenvalue weighted by Gasteiger charge is 1.94. The summed E-state index contributed by atoms with van der Waals surface area (Å²) in [5.74, 6) is -0.0751. The molecule has 0 spiro atoms. The van der Waals surface area contributed by atoms with Gasteiger partial charge >= 0.3 is 0 Å². The van der Waals surface area contributed by atoms with Gasteiger partial charge in [-0.25, -0.2) is 0 Å². The van der Waals surface area contributed by atoms with Crippen molar-refractivity contribution in [3.05, 3.63) is 12.7 Å². The average Bonchev–Trinajstić information content (AvgIpc) is 2.35. The van der Waals surface area contributed by atoms with Gasteiger partial charge in [0.25, 0.3) is 0 Å². The molecule has 0 aromatic carbocycles. The van der Waals surface area contributed by atoms with Crippen LogP contribution in [-0.2, 0) is 4.79 Å². The lowest BCUT2D eigenvalue weighted by Gasteiger charge is -2.03. The van der Waals surface area contributed by atoms with Gasteiger partial charge in [0, 0.05) is 13.2 Å². The molecule has 0 rings (SSSR count). The standard InChI is InChI=1S/C14H27NO2/c1-2-14(17)15-12-10-8-6-4-3-5-7-9-11-13-16/h2,16H,1,3-13H2,(H,15,17). The van der Waals surface area contributed by atoms with Gasteiger partial charge in [-0.2, -0.15) is 0 Å². The summed E-state index contributed by atoms with van der Waals surface area (Å²) in [5.41, 5.74) is 0. The number of hydrogen-bond donors (Lipinski definition) is 2. The third-order valence-electron chi connectivity index (χ3n) is 2.82. The van der Waals surface area contributed by atoms with Crippen molar-refractivity contribution in [3.63, 3.8) is 0 Å². The molecule has 0 atom stereocenters. The molecule has 0 saturated heterocycles. The fourth-order valence-electron chi connectivity index (χ4n) is 1.76. The second-order valence-corrected chi connectivity index (χ2v) is 4.40. The van der Waals surface area contributed by atoms with Gasteiger partial charge in [0.05, 0.1) is 0 Å². The van der Waals surface area contributed by atoms with E-state index in [2.05, 4.69) is 11.9 Å². The van der Waals surface area contributed by atoms with E-state index in [1.54, 1.807) is 0 Å². The summed E-state index contributed by atoms with van der Waals surface area (Å²) in [6.07, 6.45) is 12.0. The normalized spacial score (nSPS) is 10.2. The fourth-order valence-corrected chi connectivity index (χ4v) is 1.76. The van der Waals surface area contributed by atoms with E-state index >= 15 is 0 Å². The number of hydrogen-bond acceptors (Lipinski definition) is 2. The van der Waals surface area contributed by atoms with Crippen molar-refractivity contribution in [2.24, 2.45) is 0 Å². The largest absolute Gasteiger partial charge is 0.396 e. The highest BCUT2D eigenvalue weighted by molar-refractivity contribution is 5.86. The van der Waals surface area contributed by atoms with E-state index in [-0.39, 0.29) is 5.91 Å². The molecule has 0 aliphatic rings. The number of unbranched alkanes of at least 4 members (excludes halogenated alkanes) is 8. The highest BCUT2D eigenvalue weighted by Crippen LogP contribution is 2.09. The molecular formula is C14H27NO2. The topological polar surface area (TPSA) is 49.3 Å². The van der Waals surface area contributed by atoms with Crippen LogP contribution >= 0.6 is 0 Å². The lowest BCUT2D eigenvalue weighted by Crippen LogP contribution is -2.21. The fraction of sp³-hybridized carbons (Fsp3) is 0.786. The van der Waals surface area contributed by atoms with E-state index in [0.29, 0.717) is 6.61 Å². The second-order valence-electron chi connectivity index (χ2n) is 4.40. The number of carbonyl (C=O) groups is 1. The summed E-state index contributed by atoms with van der Waals surface area (Å²) in [6, 6.07) is 0. The Morgan fingerprint density at radius 3 is 1.88 bits per heavy atom. The van der Waals surface area contributed by atoms with Gasteiger partial charge in [0.15, 0.2) is 0 Å². The number of aliphatic hydroxyl groups excluding tert-OH is 1. The van der Waals surface area contributed by atoms with Gasteiger partial charge < -0.3 is 10.4 Å². The van der Waals surface area contributed by atoms with Gasteiger partial charge in [-0.3, -0.25) is 4.79 Å². The maximum Gasteiger partial charge on any atom is 0.243 e. The lowest BCUT2D eigenvalue weighted by atomic mass is 10.1. The molecule has 0 aliphatic carbocycles. The zero-order valence-electron chi connectivity index (χ0n) is 10.9. The van der Waals surface area contributed by atoms with Crippen LogP contribution in [0.2, 0.25) is 0 Å². The molecule has 17 heavy (non-hydrogen) atoms. The zero-order valence-corrected chi connectivity index (χ0v) is 10.9.